The summed E-state index contributed by atoms with van der Waals surface area (Å²) >= 11 is 5.69. The molecule has 2 nitrogen and oxygen atoms in total. The van der Waals surface area contributed by atoms with Crippen LogP contribution in [0.25, 0.3) is 4.85 Å². The molecule has 0 N–H and O–H groups in total. The molecule has 3 heteroatoms. The molecular weight excluding hydrogens is 148 g/mol. The van der Waals surface area contributed by atoms with E-state index in [1.54, 1.807) is 13.0 Å². The summed E-state index contributed by atoms with van der Waals surface area (Å²) in [5, 5.41) is 0.550. The van der Waals surface area contributed by atoms with E-state index in [2.05, 4.69) is 9.83 Å². The minimum atomic E-state index is 0.482. The summed E-state index contributed by atoms with van der Waals surface area (Å²) in [6.07, 6.45) is 1.51. The second kappa shape index (κ2) is 2.68. The van der Waals surface area contributed by atoms with Gasteiger partial charge in [-0.3, -0.25) is 4.98 Å². The lowest BCUT2D eigenvalue weighted by Crippen LogP contribution is -1.78. The molecule has 0 saturated heterocycles. The number of halogens is 1. The van der Waals surface area contributed by atoms with Gasteiger partial charge in [-0.05, 0) is 13.0 Å². The van der Waals surface area contributed by atoms with Crippen molar-refractivity contribution in [3.8, 4) is 0 Å². The Labute approximate surface area is 64.3 Å². The average Bonchev–Trinajstić information content (AvgIpc) is 1.95. The Morgan fingerprint density at radius 2 is 2.40 bits per heavy atom. The molecular formula is C7H5ClN2. The molecule has 1 aromatic rings. The number of hydrogen-bond donors (Lipinski definition) is 0. The summed E-state index contributed by atoms with van der Waals surface area (Å²) in [6, 6.07) is 1.61. The van der Waals surface area contributed by atoms with Gasteiger partial charge in [0.25, 0.3) is 0 Å². The predicted octanol–water partition coefficient (Wildman–Crippen LogP) is 2.59. The number of aryl methyl sites for hydroxylation is 1. The largest absolute Gasteiger partial charge is 0.272 e. The van der Waals surface area contributed by atoms with Gasteiger partial charge in [0, 0.05) is 6.20 Å². The maximum Gasteiger partial charge on any atom is 0.206 e. The molecule has 0 radical (unpaired) electrons. The Bertz CT molecular complexity index is 288. The van der Waals surface area contributed by atoms with E-state index in [0.717, 1.165) is 5.69 Å². The molecule has 0 aliphatic heterocycles. The van der Waals surface area contributed by atoms with Crippen LogP contribution in [0, 0.1) is 13.5 Å². The zero-order chi connectivity index (χ0) is 7.56. The molecule has 0 atom stereocenters. The second-order valence-corrected chi connectivity index (χ2v) is 2.28. The maximum absolute atomic E-state index is 6.64. The van der Waals surface area contributed by atoms with Crippen LogP contribution in [-0.2, 0) is 0 Å². The van der Waals surface area contributed by atoms with Gasteiger partial charge in [0.05, 0.1) is 17.3 Å². The first-order chi connectivity index (χ1) is 4.74. The first-order valence-corrected chi connectivity index (χ1v) is 3.11. The minimum Gasteiger partial charge on any atom is -0.272 e. The molecule has 0 saturated carbocycles. The normalized spacial score (nSPS) is 8.90. The highest BCUT2D eigenvalue weighted by atomic mass is 35.5. The number of nitrogens with zero attached hydrogens (tertiary/aromatic N) is 2. The highest BCUT2D eigenvalue weighted by Gasteiger charge is 1.96. The first kappa shape index (κ1) is 7.04. The third-order valence-corrected chi connectivity index (χ3v) is 1.52. The number of hydrogen-bond acceptors (Lipinski definition) is 1. The van der Waals surface area contributed by atoms with Gasteiger partial charge in [-0.2, -0.15) is 0 Å². The van der Waals surface area contributed by atoms with Crippen molar-refractivity contribution in [1.82, 2.24) is 4.98 Å². The van der Waals surface area contributed by atoms with Crippen molar-refractivity contribution in [2.75, 3.05) is 0 Å². The molecule has 0 aromatic carbocycles. The van der Waals surface area contributed by atoms with E-state index in [4.69, 9.17) is 18.2 Å². The SMILES string of the molecule is [C-]#[N+]c1cnc(C)c(Cl)c1. The Kier molecular flexibility index (Phi) is 1.88. The highest BCUT2D eigenvalue weighted by molar-refractivity contribution is 6.31. The van der Waals surface area contributed by atoms with E-state index in [0.29, 0.717) is 10.7 Å². The molecule has 0 aliphatic carbocycles. The van der Waals surface area contributed by atoms with Crippen molar-refractivity contribution in [3.05, 3.63) is 34.4 Å². The van der Waals surface area contributed by atoms with Crippen LogP contribution in [0.4, 0.5) is 5.69 Å². The third-order valence-electron chi connectivity index (χ3n) is 1.14. The monoisotopic (exact) mass is 152 g/mol. The van der Waals surface area contributed by atoms with Crippen molar-refractivity contribution in [1.29, 1.82) is 0 Å². The van der Waals surface area contributed by atoms with Crippen LogP contribution >= 0.6 is 11.6 Å². The Balaban J connectivity index is 3.20. The van der Waals surface area contributed by atoms with Crippen molar-refractivity contribution < 1.29 is 0 Å². The molecule has 1 heterocycles. The highest BCUT2D eigenvalue weighted by Crippen LogP contribution is 2.18. The van der Waals surface area contributed by atoms with Crippen LogP contribution in [0.1, 0.15) is 5.69 Å². The quantitative estimate of drug-likeness (QED) is 0.523. The molecule has 1 aromatic heterocycles. The van der Waals surface area contributed by atoms with Gasteiger partial charge in [0.15, 0.2) is 0 Å². The standard InChI is InChI=1S/C7H5ClN2/c1-5-7(8)3-6(9-2)4-10-5/h3-4H,1H3. The van der Waals surface area contributed by atoms with E-state index in [1.165, 1.54) is 6.20 Å². The van der Waals surface area contributed by atoms with Gasteiger partial charge in [-0.25, -0.2) is 4.85 Å². The molecule has 0 amide bonds. The molecule has 0 unspecified atom stereocenters. The molecule has 0 spiro atoms. The van der Waals surface area contributed by atoms with Crippen LogP contribution < -0.4 is 0 Å². The van der Waals surface area contributed by atoms with Crippen LogP contribution in [0.15, 0.2) is 12.3 Å². The lowest BCUT2D eigenvalue weighted by atomic mass is 10.3. The Hall–Kier alpha value is -1.07. The topological polar surface area (TPSA) is 17.2 Å². The molecule has 10 heavy (non-hydrogen) atoms. The smallest absolute Gasteiger partial charge is 0.206 e. The van der Waals surface area contributed by atoms with E-state index in [9.17, 15) is 0 Å². The fourth-order valence-corrected chi connectivity index (χ4v) is 0.718. The molecule has 0 bridgehead atoms. The van der Waals surface area contributed by atoms with E-state index in [-0.39, 0.29) is 0 Å². The first-order valence-electron chi connectivity index (χ1n) is 2.73. The van der Waals surface area contributed by atoms with Crippen LogP contribution in [0.5, 0.6) is 0 Å². The van der Waals surface area contributed by atoms with Crippen LogP contribution in [0.2, 0.25) is 5.02 Å². The summed E-state index contributed by atoms with van der Waals surface area (Å²) < 4.78 is 0. The van der Waals surface area contributed by atoms with Crippen molar-refractivity contribution >= 4 is 17.3 Å². The fourth-order valence-electron chi connectivity index (χ4n) is 0.557. The Morgan fingerprint density at radius 3 is 2.90 bits per heavy atom. The van der Waals surface area contributed by atoms with Gasteiger partial charge in [0.1, 0.15) is 0 Å². The van der Waals surface area contributed by atoms with Crippen LogP contribution in [0.3, 0.4) is 0 Å². The zero-order valence-corrected chi connectivity index (χ0v) is 6.18. The number of pyridine rings is 1. The summed E-state index contributed by atoms with van der Waals surface area (Å²) in [4.78, 5) is 7.08. The summed E-state index contributed by atoms with van der Waals surface area (Å²) in [5.41, 5.74) is 1.24. The second-order valence-electron chi connectivity index (χ2n) is 1.87. The van der Waals surface area contributed by atoms with Crippen LogP contribution in [-0.4, -0.2) is 4.98 Å². The molecule has 0 fully saturated rings. The lowest BCUT2D eigenvalue weighted by Gasteiger charge is -1.94. The summed E-state index contributed by atoms with van der Waals surface area (Å²) in [7, 11) is 0. The predicted molar refractivity (Wildman–Crippen MR) is 40.2 cm³/mol. The zero-order valence-electron chi connectivity index (χ0n) is 5.43. The van der Waals surface area contributed by atoms with Gasteiger partial charge in [-0.1, -0.05) is 11.6 Å². The molecule has 1 rings (SSSR count). The minimum absolute atomic E-state index is 0.482. The van der Waals surface area contributed by atoms with Crippen molar-refractivity contribution in [3.63, 3.8) is 0 Å². The van der Waals surface area contributed by atoms with Crippen molar-refractivity contribution in [2.45, 2.75) is 6.92 Å². The number of aromatic nitrogens is 1. The fraction of sp³-hybridized carbons (Fsp3) is 0.143. The third kappa shape index (κ3) is 1.26. The van der Waals surface area contributed by atoms with Gasteiger partial charge >= 0.3 is 0 Å². The summed E-state index contributed by atoms with van der Waals surface area (Å²) in [5.74, 6) is 0. The van der Waals surface area contributed by atoms with Crippen molar-refractivity contribution in [2.24, 2.45) is 0 Å². The average molecular weight is 153 g/mol. The van der Waals surface area contributed by atoms with Gasteiger partial charge < -0.3 is 0 Å². The van der Waals surface area contributed by atoms with E-state index < -0.39 is 0 Å². The lowest BCUT2D eigenvalue weighted by molar-refractivity contribution is 1.21. The molecule has 0 aliphatic rings. The Morgan fingerprint density at radius 1 is 1.70 bits per heavy atom. The maximum atomic E-state index is 6.64. The van der Waals surface area contributed by atoms with E-state index in [1.807, 2.05) is 0 Å². The molecule has 50 valence electrons. The number of rotatable bonds is 0. The van der Waals surface area contributed by atoms with E-state index >= 15 is 0 Å². The summed E-state index contributed by atoms with van der Waals surface area (Å²) in [6.45, 7) is 8.44. The van der Waals surface area contributed by atoms with Gasteiger partial charge in [0.2, 0.25) is 5.69 Å². The van der Waals surface area contributed by atoms with Gasteiger partial charge in [-0.15, -0.1) is 0 Å².